The van der Waals surface area contributed by atoms with E-state index in [1.54, 1.807) is 0 Å². The SMILES string of the molecule is CCCCC(=O)N1C(C)SCC1C(=O)O. The fraction of sp³-hybridized carbons (Fsp3) is 0.800. The standard InChI is InChI=1S/C10H17NO3S/c1-3-4-5-9(12)11-7(2)15-6-8(11)10(13)14/h7-8H,3-6H2,1-2H3,(H,13,14). The molecule has 1 N–H and O–H groups in total. The average Bonchev–Trinajstić information content (AvgIpc) is 2.56. The Balaban J connectivity index is 2.63. The number of carboxylic acid groups (broad SMARTS) is 1. The summed E-state index contributed by atoms with van der Waals surface area (Å²) in [5.41, 5.74) is 0. The maximum Gasteiger partial charge on any atom is 0.327 e. The Kier molecular flexibility index (Phi) is 4.45. The number of nitrogens with zero attached hydrogens (tertiary/aromatic N) is 1. The zero-order chi connectivity index (χ0) is 11.4. The van der Waals surface area contributed by atoms with Crippen LogP contribution in [-0.2, 0) is 9.59 Å². The van der Waals surface area contributed by atoms with Gasteiger partial charge in [-0.2, -0.15) is 0 Å². The smallest absolute Gasteiger partial charge is 0.327 e. The van der Waals surface area contributed by atoms with Crippen molar-refractivity contribution < 1.29 is 14.7 Å². The van der Waals surface area contributed by atoms with Crippen molar-refractivity contribution in [3.63, 3.8) is 0 Å². The summed E-state index contributed by atoms with van der Waals surface area (Å²) in [6.45, 7) is 3.90. The Morgan fingerprint density at radius 1 is 1.53 bits per heavy atom. The molecule has 1 amide bonds. The molecule has 0 bridgehead atoms. The summed E-state index contributed by atoms with van der Waals surface area (Å²) in [6.07, 6.45) is 2.25. The Morgan fingerprint density at radius 2 is 2.20 bits per heavy atom. The molecule has 86 valence electrons. The number of hydrogen-bond acceptors (Lipinski definition) is 3. The molecule has 2 atom stereocenters. The van der Waals surface area contributed by atoms with Crippen LogP contribution in [0.25, 0.3) is 0 Å². The highest BCUT2D eigenvalue weighted by Gasteiger charge is 2.38. The summed E-state index contributed by atoms with van der Waals surface area (Å²) < 4.78 is 0. The van der Waals surface area contributed by atoms with Crippen LogP contribution in [0, 0.1) is 0 Å². The number of rotatable bonds is 4. The molecule has 1 aliphatic heterocycles. The minimum atomic E-state index is -0.892. The lowest BCUT2D eigenvalue weighted by molar-refractivity contribution is -0.148. The van der Waals surface area contributed by atoms with Gasteiger partial charge in [0.15, 0.2) is 0 Å². The molecule has 5 heteroatoms. The van der Waals surface area contributed by atoms with Gasteiger partial charge in [-0.1, -0.05) is 13.3 Å². The number of thioether (sulfide) groups is 1. The monoisotopic (exact) mass is 231 g/mol. The highest BCUT2D eigenvalue weighted by molar-refractivity contribution is 8.00. The molecule has 1 heterocycles. The van der Waals surface area contributed by atoms with Crippen molar-refractivity contribution in [2.75, 3.05) is 5.75 Å². The molecule has 4 nitrogen and oxygen atoms in total. The van der Waals surface area contributed by atoms with Crippen molar-refractivity contribution in [1.82, 2.24) is 4.90 Å². The molecule has 0 aromatic rings. The third kappa shape index (κ3) is 2.87. The van der Waals surface area contributed by atoms with Gasteiger partial charge in [0.05, 0.1) is 5.37 Å². The van der Waals surface area contributed by atoms with E-state index in [0.717, 1.165) is 12.8 Å². The molecule has 1 fully saturated rings. The average molecular weight is 231 g/mol. The fourth-order valence-corrected chi connectivity index (χ4v) is 2.86. The van der Waals surface area contributed by atoms with Crippen molar-refractivity contribution in [2.45, 2.75) is 44.5 Å². The lowest BCUT2D eigenvalue weighted by Gasteiger charge is -2.24. The van der Waals surface area contributed by atoms with Gasteiger partial charge >= 0.3 is 5.97 Å². The molecule has 0 saturated carbocycles. The summed E-state index contributed by atoms with van der Waals surface area (Å²) >= 11 is 1.53. The van der Waals surface area contributed by atoms with Crippen molar-refractivity contribution in [1.29, 1.82) is 0 Å². The predicted octanol–water partition coefficient (Wildman–Crippen LogP) is 1.55. The minimum Gasteiger partial charge on any atom is -0.480 e. The molecule has 15 heavy (non-hydrogen) atoms. The number of aliphatic carboxylic acids is 1. The van der Waals surface area contributed by atoms with E-state index in [1.807, 2.05) is 13.8 Å². The second-order valence-electron chi connectivity index (χ2n) is 3.69. The molecule has 2 unspecified atom stereocenters. The van der Waals surface area contributed by atoms with E-state index in [1.165, 1.54) is 16.7 Å². The lowest BCUT2D eigenvalue weighted by atomic mass is 10.2. The van der Waals surface area contributed by atoms with Gasteiger partial charge in [0.1, 0.15) is 6.04 Å². The summed E-state index contributed by atoms with van der Waals surface area (Å²) in [4.78, 5) is 24.2. The number of carbonyl (C=O) groups is 2. The van der Waals surface area contributed by atoms with Crippen LogP contribution < -0.4 is 0 Å². The van der Waals surface area contributed by atoms with Crippen molar-refractivity contribution in [3.8, 4) is 0 Å². The van der Waals surface area contributed by atoms with Gasteiger partial charge < -0.3 is 10.0 Å². The first kappa shape index (κ1) is 12.4. The second kappa shape index (κ2) is 5.39. The van der Waals surface area contributed by atoms with Gasteiger partial charge in [-0.25, -0.2) is 4.79 Å². The topological polar surface area (TPSA) is 57.6 Å². The molecular formula is C10H17NO3S. The van der Waals surface area contributed by atoms with Gasteiger partial charge in [0, 0.05) is 12.2 Å². The van der Waals surface area contributed by atoms with E-state index in [9.17, 15) is 9.59 Å². The van der Waals surface area contributed by atoms with E-state index in [0.29, 0.717) is 12.2 Å². The molecule has 1 saturated heterocycles. The molecular weight excluding hydrogens is 214 g/mol. The molecule has 0 radical (unpaired) electrons. The van der Waals surface area contributed by atoms with Gasteiger partial charge in [0.25, 0.3) is 0 Å². The summed E-state index contributed by atoms with van der Waals surface area (Å²) in [5, 5.41) is 8.96. The first-order valence-corrected chi connectivity index (χ1v) is 6.28. The molecule has 0 aromatic carbocycles. The largest absolute Gasteiger partial charge is 0.480 e. The van der Waals surface area contributed by atoms with Crippen LogP contribution in [0.3, 0.4) is 0 Å². The molecule has 1 aliphatic rings. The van der Waals surface area contributed by atoms with E-state index in [-0.39, 0.29) is 11.3 Å². The third-order valence-electron chi connectivity index (χ3n) is 2.54. The highest BCUT2D eigenvalue weighted by atomic mass is 32.2. The van der Waals surface area contributed by atoms with Crippen LogP contribution in [0.2, 0.25) is 0 Å². The lowest BCUT2D eigenvalue weighted by Crippen LogP contribution is -2.44. The maximum atomic E-state index is 11.8. The number of carboxylic acids is 1. The fourth-order valence-electron chi connectivity index (χ4n) is 1.67. The predicted molar refractivity (Wildman–Crippen MR) is 59.7 cm³/mol. The van der Waals surface area contributed by atoms with Gasteiger partial charge in [-0.15, -0.1) is 11.8 Å². The Morgan fingerprint density at radius 3 is 2.73 bits per heavy atom. The van der Waals surface area contributed by atoms with Crippen molar-refractivity contribution >= 4 is 23.6 Å². The quantitative estimate of drug-likeness (QED) is 0.797. The van der Waals surface area contributed by atoms with Crippen molar-refractivity contribution in [3.05, 3.63) is 0 Å². The summed E-state index contributed by atoms with van der Waals surface area (Å²) in [5.74, 6) is -0.410. The zero-order valence-electron chi connectivity index (χ0n) is 9.10. The number of amides is 1. The van der Waals surface area contributed by atoms with Crippen LogP contribution in [-0.4, -0.2) is 39.1 Å². The van der Waals surface area contributed by atoms with Crippen LogP contribution in [0.1, 0.15) is 33.1 Å². The van der Waals surface area contributed by atoms with E-state index in [2.05, 4.69) is 0 Å². The van der Waals surface area contributed by atoms with Gasteiger partial charge in [0.2, 0.25) is 5.91 Å². The molecule has 0 spiro atoms. The summed E-state index contributed by atoms with van der Waals surface area (Å²) in [7, 11) is 0. The normalized spacial score (nSPS) is 25.6. The Bertz CT molecular complexity index is 257. The van der Waals surface area contributed by atoms with Gasteiger partial charge in [-0.3, -0.25) is 4.79 Å². The maximum absolute atomic E-state index is 11.8. The third-order valence-corrected chi connectivity index (χ3v) is 3.76. The molecule has 1 rings (SSSR count). The molecule has 0 aromatic heterocycles. The van der Waals surface area contributed by atoms with Crippen LogP contribution in [0.4, 0.5) is 0 Å². The van der Waals surface area contributed by atoms with Crippen LogP contribution >= 0.6 is 11.8 Å². The van der Waals surface area contributed by atoms with Crippen LogP contribution in [0.5, 0.6) is 0 Å². The van der Waals surface area contributed by atoms with Crippen molar-refractivity contribution in [2.24, 2.45) is 0 Å². The number of hydrogen-bond donors (Lipinski definition) is 1. The van der Waals surface area contributed by atoms with Crippen LogP contribution in [0.15, 0.2) is 0 Å². The summed E-state index contributed by atoms with van der Waals surface area (Å²) in [6, 6.07) is -0.630. The van der Waals surface area contributed by atoms with E-state index >= 15 is 0 Å². The Labute approximate surface area is 94.0 Å². The van der Waals surface area contributed by atoms with E-state index < -0.39 is 12.0 Å². The van der Waals surface area contributed by atoms with E-state index in [4.69, 9.17) is 5.11 Å². The zero-order valence-corrected chi connectivity index (χ0v) is 9.92. The number of unbranched alkanes of at least 4 members (excludes halogenated alkanes) is 1. The number of carbonyl (C=O) groups excluding carboxylic acids is 1. The Hall–Kier alpha value is -0.710. The second-order valence-corrected chi connectivity index (χ2v) is 5.04. The highest BCUT2D eigenvalue weighted by Crippen LogP contribution is 2.29. The minimum absolute atomic E-state index is 0.00421. The van der Waals surface area contributed by atoms with Gasteiger partial charge in [-0.05, 0) is 13.3 Å². The molecule has 0 aliphatic carbocycles. The first-order chi connectivity index (χ1) is 7.07. The first-order valence-electron chi connectivity index (χ1n) is 5.23.